The van der Waals surface area contributed by atoms with Crippen molar-refractivity contribution in [3.05, 3.63) is 173 Å². The first-order chi connectivity index (χ1) is 38.4. The Balaban J connectivity index is 0.982. The zero-order valence-corrected chi connectivity index (χ0v) is 47.5. The van der Waals surface area contributed by atoms with Gasteiger partial charge >= 0.3 is 6.85 Å². The third-order valence-corrected chi connectivity index (χ3v) is 24.6. The first kappa shape index (κ1) is 45.4. The second-order valence-electron chi connectivity index (χ2n) is 29.3. The lowest BCUT2D eigenvalue weighted by Crippen LogP contribution is -2.56. The SMILES string of the molecule is CC(C)(C)c1ccc(N2c3c4c(cc5c3C(C)(C)c3ccccc3-5)-c3cc(C56CC7CC(CC(C7)C5)C6)cc5c6cc(C78CC9CC(CC(C9)C7)C8)ccc6n(c35)B4c3sc4c(ccc5ccccc54)c32)c(-c2ccccc2)c1. The number of benzene rings is 8. The predicted octanol–water partition coefficient (Wildman–Crippen LogP) is 18.8. The normalized spacial score (nSPS) is 27.9. The van der Waals surface area contributed by atoms with Crippen LogP contribution in [0.15, 0.2) is 146 Å². The van der Waals surface area contributed by atoms with Crippen molar-refractivity contribution in [3.8, 4) is 33.4 Å². The van der Waals surface area contributed by atoms with E-state index in [1.54, 1.807) is 11.1 Å². The van der Waals surface area contributed by atoms with Crippen LogP contribution in [-0.4, -0.2) is 11.3 Å². The van der Waals surface area contributed by atoms with Gasteiger partial charge in [-0.05, 0) is 238 Å². The molecule has 0 atom stereocenters. The fourth-order valence-electron chi connectivity index (χ4n) is 20.9. The molecule has 8 aromatic carbocycles. The molecule has 21 rings (SSSR count). The molecule has 8 fully saturated rings. The van der Waals surface area contributed by atoms with Crippen molar-refractivity contribution in [3.63, 3.8) is 0 Å². The van der Waals surface area contributed by atoms with Crippen molar-refractivity contribution in [2.45, 2.75) is 133 Å². The molecule has 2 nitrogen and oxygen atoms in total. The summed E-state index contributed by atoms with van der Waals surface area (Å²) in [6, 6.07) is 59.1. The molecule has 79 heavy (non-hydrogen) atoms. The summed E-state index contributed by atoms with van der Waals surface area (Å²) in [6.45, 7) is 12.2. The van der Waals surface area contributed by atoms with Crippen LogP contribution >= 0.6 is 11.3 Å². The number of thiophene rings is 1. The summed E-state index contributed by atoms with van der Waals surface area (Å²) >= 11 is 2.09. The number of aromatic nitrogens is 1. The Morgan fingerprint density at radius 1 is 0.506 bits per heavy atom. The molecule has 4 heteroatoms. The molecule has 10 aromatic rings. The van der Waals surface area contributed by atoms with E-state index in [2.05, 4.69) is 201 Å². The lowest BCUT2D eigenvalue weighted by atomic mass is 9.46. The molecule has 9 aliphatic carbocycles. The topological polar surface area (TPSA) is 8.17 Å². The van der Waals surface area contributed by atoms with Crippen LogP contribution in [0.4, 0.5) is 17.1 Å². The number of anilines is 3. The fourth-order valence-corrected chi connectivity index (χ4v) is 22.3. The van der Waals surface area contributed by atoms with Crippen LogP contribution in [0.25, 0.3) is 76.0 Å². The van der Waals surface area contributed by atoms with Gasteiger partial charge in [-0.2, -0.15) is 0 Å². The van der Waals surface area contributed by atoms with Crippen molar-refractivity contribution >= 4 is 88.2 Å². The van der Waals surface area contributed by atoms with E-state index in [0.29, 0.717) is 5.41 Å². The molecule has 0 unspecified atom stereocenters. The number of nitrogens with zero attached hydrogens (tertiary/aromatic N) is 2. The van der Waals surface area contributed by atoms with Crippen molar-refractivity contribution in [2.75, 3.05) is 4.90 Å². The molecule has 0 radical (unpaired) electrons. The number of hydrogen-bond donors (Lipinski definition) is 0. The van der Waals surface area contributed by atoms with E-state index < -0.39 is 0 Å². The quantitative estimate of drug-likeness (QED) is 0.160. The second kappa shape index (κ2) is 15.1. The van der Waals surface area contributed by atoms with Gasteiger partial charge in [-0.25, -0.2) is 0 Å². The minimum Gasteiger partial charge on any atom is -0.375 e. The Morgan fingerprint density at radius 3 is 1.86 bits per heavy atom. The van der Waals surface area contributed by atoms with E-state index in [1.807, 2.05) is 0 Å². The van der Waals surface area contributed by atoms with Gasteiger partial charge in [0.2, 0.25) is 0 Å². The first-order valence-corrected chi connectivity index (χ1v) is 31.6. The van der Waals surface area contributed by atoms with Gasteiger partial charge in [0, 0.05) is 58.9 Å². The second-order valence-corrected chi connectivity index (χ2v) is 30.3. The summed E-state index contributed by atoms with van der Waals surface area (Å²) in [4.78, 5) is 2.86. The largest absolute Gasteiger partial charge is 0.375 e. The Bertz CT molecular complexity index is 4300. The molecule has 2 aliphatic heterocycles. The van der Waals surface area contributed by atoms with Gasteiger partial charge in [-0.1, -0.05) is 138 Å². The van der Waals surface area contributed by atoms with E-state index >= 15 is 0 Å². The van der Waals surface area contributed by atoms with Crippen molar-refractivity contribution in [1.29, 1.82) is 0 Å². The highest BCUT2D eigenvalue weighted by Crippen LogP contribution is 2.65. The highest BCUT2D eigenvalue weighted by atomic mass is 32.1. The third-order valence-electron chi connectivity index (χ3n) is 23.3. The molecule has 11 aliphatic rings. The fraction of sp³-hybridized carbons (Fsp3) is 0.360. The summed E-state index contributed by atoms with van der Waals surface area (Å²) < 4.78 is 5.82. The van der Waals surface area contributed by atoms with E-state index in [9.17, 15) is 0 Å². The summed E-state index contributed by atoms with van der Waals surface area (Å²) in [7, 11) is 0. The van der Waals surface area contributed by atoms with Gasteiger partial charge in [0.25, 0.3) is 0 Å². The van der Waals surface area contributed by atoms with Gasteiger partial charge in [0.1, 0.15) is 0 Å². The molecule has 8 bridgehead atoms. The standard InChI is InChI=1S/C75H69BN2S/c1-72(2,3)50-20-23-63(56(31-50)48-13-7-6-8-14-48)77-68-55-22-19-49-15-9-10-16-53(49)70(55)79-71(68)76-66-59(35-58-54-17-11-12-18-62(54)73(4,5)65(58)69(66)77)61-34-52(75-39-45-28-46(40-75)30-47(29-45)41-75)33-60-57-32-51(21-24-64(57)78(76)67(60)61)74-36-42-25-43(37-74)27-44(26-42)38-74/h6-24,31-35,42-47H,25-30,36-41H2,1-5H3. The van der Waals surface area contributed by atoms with Crippen LogP contribution in [0.2, 0.25) is 0 Å². The van der Waals surface area contributed by atoms with E-state index in [1.165, 1.54) is 197 Å². The summed E-state index contributed by atoms with van der Waals surface area (Å²) in [5.41, 5.74) is 24.6. The third kappa shape index (κ3) is 5.90. The molecule has 0 spiro atoms. The van der Waals surface area contributed by atoms with Crippen molar-refractivity contribution in [2.24, 2.45) is 35.5 Å². The first-order valence-electron chi connectivity index (χ1n) is 30.8. The Labute approximate surface area is 470 Å². The van der Waals surface area contributed by atoms with Gasteiger partial charge in [-0.15, -0.1) is 11.3 Å². The van der Waals surface area contributed by atoms with Gasteiger partial charge in [0.05, 0.1) is 11.4 Å². The predicted molar refractivity (Wildman–Crippen MR) is 334 cm³/mol. The molecular weight excluding hydrogens is 972 g/mol. The van der Waals surface area contributed by atoms with Crippen LogP contribution in [-0.2, 0) is 21.7 Å². The van der Waals surface area contributed by atoms with Gasteiger partial charge < -0.3 is 9.38 Å². The maximum Gasteiger partial charge on any atom is 0.343 e. The lowest BCUT2D eigenvalue weighted by Gasteiger charge is -2.57. The number of fused-ring (bicyclic) bond motifs is 15. The minimum atomic E-state index is -0.268. The van der Waals surface area contributed by atoms with E-state index in [4.69, 9.17) is 0 Å². The van der Waals surface area contributed by atoms with Crippen LogP contribution in [0.3, 0.4) is 0 Å². The molecule has 0 saturated heterocycles. The summed E-state index contributed by atoms with van der Waals surface area (Å²) in [5.74, 6) is 5.34. The molecular formula is C75H69BN2S. The van der Waals surface area contributed by atoms with Crippen LogP contribution < -0.4 is 15.1 Å². The van der Waals surface area contributed by atoms with Crippen LogP contribution in [0, 0.1) is 35.5 Å². The summed E-state index contributed by atoms with van der Waals surface area (Å²) in [5, 5.41) is 7.07. The average molecular weight is 1040 g/mol. The molecule has 4 heterocycles. The van der Waals surface area contributed by atoms with Crippen LogP contribution in [0.5, 0.6) is 0 Å². The number of rotatable bonds is 4. The Morgan fingerprint density at radius 2 is 1.15 bits per heavy atom. The minimum absolute atomic E-state index is 0.0189. The van der Waals surface area contributed by atoms with Gasteiger partial charge in [-0.3, -0.25) is 0 Å². The Kier molecular flexibility index (Phi) is 8.70. The van der Waals surface area contributed by atoms with E-state index in [-0.39, 0.29) is 23.1 Å². The monoisotopic (exact) mass is 1040 g/mol. The average Bonchev–Trinajstić information content (AvgIpc) is 2.66. The van der Waals surface area contributed by atoms with Crippen molar-refractivity contribution < 1.29 is 0 Å². The molecule has 0 N–H and O–H groups in total. The summed E-state index contributed by atoms with van der Waals surface area (Å²) in [6.07, 6.45) is 17.1. The van der Waals surface area contributed by atoms with E-state index in [0.717, 1.165) is 35.5 Å². The Hall–Kier alpha value is -6.36. The molecule has 2 aromatic heterocycles. The highest BCUT2D eigenvalue weighted by molar-refractivity contribution is 7.32. The lowest BCUT2D eigenvalue weighted by molar-refractivity contribution is -0.00527. The van der Waals surface area contributed by atoms with Crippen LogP contribution in [0.1, 0.15) is 139 Å². The zero-order valence-electron chi connectivity index (χ0n) is 46.7. The van der Waals surface area contributed by atoms with Gasteiger partial charge in [0.15, 0.2) is 0 Å². The van der Waals surface area contributed by atoms with Crippen molar-refractivity contribution in [1.82, 2.24) is 4.48 Å². The smallest absolute Gasteiger partial charge is 0.343 e. The maximum absolute atomic E-state index is 2.95. The zero-order chi connectivity index (χ0) is 52.2. The highest BCUT2D eigenvalue weighted by Gasteiger charge is 2.55. The molecule has 8 saturated carbocycles. The molecule has 388 valence electrons. The number of hydrogen-bond acceptors (Lipinski definition) is 2. The molecule has 0 amide bonds. The maximum atomic E-state index is 2.95.